The molecule has 0 aliphatic heterocycles. The van der Waals surface area contributed by atoms with Crippen molar-refractivity contribution < 1.29 is 9.72 Å². The molecule has 1 amide bonds. The SMILES string of the molecule is CN(CCCN)C(=O)c1ccc([N+](=O)[O-])[nH]1. The highest BCUT2D eigenvalue weighted by atomic mass is 16.6. The minimum absolute atomic E-state index is 0.185. The van der Waals surface area contributed by atoms with Gasteiger partial charge in [0.1, 0.15) is 0 Å². The standard InChI is InChI=1S/C9H14N4O3/c1-12(6-2-5-10)9(14)7-3-4-8(11-7)13(15)16/h3-4,11H,2,5-6,10H2,1H3. The minimum atomic E-state index is -0.573. The average Bonchev–Trinajstić information content (AvgIpc) is 2.74. The molecule has 1 aromatic rings. The van der Waals surface area contributed by atoms with Crippen molar-refractivity contribution in [2.24, 2.45) is 5.73 Å². The van der Waals surface area contributed by atoms with E-state index in [1.54, 1.807) is 7.05 Å². The van der Waals surface area contributed by atoms with Gasteiger partial charge in [-0.15, -0.1) is 0 Å². The number of H-pyrrole nitrogens is 1. The molecule has 0 saturated carbocycles. The number of nitrogens with two attached hydrogens (primary N) is 1. The second kappa shape index (κ2) is 5.26. The minimum Gasteiger partial charge on any atom is -0.358 e. The number of amides is 1. The molecular weight excluding hydrogens is 212 g/mol. The van der Waals surface area contributed by atoms with E-state index in [-0.39, 0.29) is 17.4 Å². The molecule has 7 nitrogen and oxygen atoms in total. The van der Waals surface area contributed by atoms with Gasteiger partial charge >= 0.3 is 5.82 Å². The molecule has 0 unspecified atom stereocenters. The molecule has 7 heteroatoms. The third-order valence-electron chi connectivity index (χ3n) is 2.14. The van der Waals surface area contributed by atoms with Crippen LogP contribution in [-0.4, -0.2) is 40.9 Å². The third-order valence-corrected chi connectivity index (χ3v) is 2.14. The Kier molecular flexibility index (Phi) is 4.01. The smallest absolute Gasteiger partial charge is 0.321 e. The summed E-state index contributed by atoms with van der Waals surface area (Å²) in [5, 5.41) is 10.4. The van der Waals surface area contributed by atoms with Crippen LogP contribution in [0.5, 0.6) is 0 Å². The monoisotopic (exact) mass is 226 g/mol. The van der Waals surface area contributed by atoms with E-state index >= 15 is 0 Å². The lowest BCUT2D eigenvalue weighted by Gasteiger charge is -2.14. The number of nitrogens with zero attached hydrogens (tertiary/aromatic N) is 2. The first-order valence-corrected chi connectivity index (χ1v) is 4.85. The van der Waals surface area contributed by atoms with Crippen LogP contribution >= 0.6 is 0 Å². The van der Waals surface area contributed by atoms with Crippen LogP contribution in [0.1, 0.15) is 16.9 Å². The van der Waals surface area contributed by atoms with Crippen molar-refractivity contribution in [2.45, 2.75) is 6.42 Å². The predicted octanol–water partition coefficient (Wildman–Crippen LogP) is 0.344. The van der Waals surface area contributed by atoms with E-state index in [0.717, 1.165) is 0 Å². The van der Waals surface area contributed by atoms with Gasteiger partial charge in [0, 0.05) is 19.7 Å². The van der Waals surface area contributed by atoms with E-state index in [2.05, 4.69) is 4.98 Å². The van der Waals surface area contributed by atoms with Gasteiger partial charge in [-0.05, 0) is 24.0 Å². The summed E-state index contributed by atoms with van der Waals surface area (Å²) >= 11 is 0. The van der Waals surface area contributed by atoms with Crippen LogP contribution in [0.3, 0.4) is 0 Å². The Morgan fingerprint density at radius 3 is 2.81 bits per heavy atom. The van der Waals surface area contributed by atoms with Crippen LogP contribution in [-0.2, 0) is 0 Å². The van der Waals surface area contributed by atoms with Gasteiger partial charge in [-0.1, -0.05) is 0 Å². The highest BCUT2D eigenvalue weighted by Gasteiger charge is 2.18. The maximum absolute atomic E-state index is 11.7. The summed E-state index contributed by atoms with van der Waals surface area (Å²) < 4.78 is 0. The van der Waals surface area contributed by atoms with Gasteiger partial charge in [-0.3, -0.25) is 4.79 Å². The summed E-state index contributed by atoms with van der Waals surface area (Å²) in [4.78, 5) is 25.5. The van der Waals surface area contributed by atoms with Gasteiger partial charge in [-0.25, -0.2) is 4.98 Å². The second-order valence-corrected chi connectivity index (χ2v) is 3.38. The molecule has 0 bridgehead atoms. The van der Waals surface area contributed by atoms with Crippen LogP contribution in [0.25, 0.3) is 0 Å². The number of carbonyl (C=O) groups is 1. The molecule has 88 valence electrons. The first-order chi connectivity index (χ1) is 7.56. The number of aromatic amines is 1. The molecule has 0 spiro atoms. The van der Waals surface area contributed by atoms with Crippen molar-refractivity contribution in [3.05, 3.63) is 27.9 Å². The zero-order chi connectivity index (χ0) is 12.1. The largest absolute Gasteiger partial charge is 0.358 e. The van der Waals surface area contributed by atoms with Gasteiger partial charge in [0.05, 0.1) is 0 Å². The molecule has 1 rings (SSSR count). The van der Waals surface area contributed by atoms with Crippen LogP contribution < -0.4 is 5.73 Å². The lowest BCUT2D eigenvalue weighted by Crippen LogP contribution is -2.29. The summed E-state index contributed by atoms with van der Waals surface area (Å²) in [5.41, 5.74) is 5.54. The maximum Gasteiger partial charge on any atom is 0.321 e. The van der Waals surface area contributed by atoms with Gasteiger partial charge in [0.15, 0.2) is 5.69 Å². The molecule has 0 aliphatic carbocycles. The van der Waals surface area contributed by atoms with Crippen LogP contribution in [0.15, 0.2) is 12.1 Å². The Labute approximate surface area is 92.4 Å². The number of nitrogens with one attached hydrogen (secondary N) is 1. The van der Waals surface area contributed by atoms with Crippen LogP contribution in [0, 0.1) is 10.1 Å². The zero-order valence-electron chi connectivity index (χ0n) is 8.97. The normalized spacial score (nSPS) is 10.1. The summed E-state index contributed by atoms with van der Waals surface area (Å²) in [7, 11) is 1.63. The Balaban J connectivity index is 2.68. The lowest BCUT2D eigenvalue weighted by atomic mass is 10.3. The lowest BCUT2D eigenvalue weighted by molar-refractivity contribution is -0.389. The second-order valence-electron chi connectivity index (χ2n) is 3.38. The molecule has 1 heterocycles. The van der Waals surface area contributed by atoms with Gasteiger partial charge in [0.2, 0.25) is 0 Å². The third kappa shape index (κ3) is 2.80. The fourth-order valence-corrected chi connectivity index (χ4v) is 1.25. The van der Waals surface area contributed by atoms with Gasteiger partial charge < -0.3 is 20.7 Å². The fourth-order valence-electron chi connectivity index (χ4n) is 1.25. The summed E-state index contributed by atoms with van der Waals surface area (Å²) in [6, 6.07) is 2.67. The molecule has 3 N–H and O–H groups in total. The Morgan fingerprint density at radius 1 is 1.62 bits per heavy atom. The molecule has 0 fully saturated rings. The molecule has 0 saturated heterocycles. The molecule has 1 aromatic heterocycles. The molecule has 0 aromatic carbocycles. The fraction of sp³-hybridized carbons (Fsp3) is 0.444. The molecular formula is C9H14N4O3. The van der Waals surface area contributed by atoms with Crippen molar-refractivity contribution in [1.29, 1.82) is 0 Å². The quantitative estimate of drug-likeness (QED) is 0.558. The molecule has 0 aliphatic rings. The van der Waals surface area contributed by atoms with Crippen LogP contribution in [0.4, 0.5) is 5.82 Å². The Hall–Kier alpha value is -1.89. The summed E-state index contributed by atoms with van der Waals surface area (Å²) in [6.07, 6.45) is 0.699. The van der Waals surface area contributed by atoms with Gasteiger partial charge in [-0.2, -0.15) is 0 Å². The highest BCUT2D eigenvalue weighted by Crippen LogP contribution is 2.11. The van der Waals surface area contributed by atoms with E-state index in [4.69, 9.17) is 5.73 Å². The topological polar surface area (TPSA) is 105 Å². The van der Waals surface area contributed by atoms with E-state index in [0.29, 0.717) is 19.5 Å². The van der Waals surface area contributed by atoms with E-state index in [1.165, 1.54) is 17.0 Å². The number of rotatable bonds is 5. The maximum atomic E-state index is 11.7. The van der Waals surface area contributed by atoms with Crippen molar-refractivity contribution in [3.8, 4) is 0 Å². The highest BCUT2D eigenvalue weighted by molar-refractivity contribution is 5.92. The molecule has 16 heavy (non-hydrogen) atoms. The van der Waals surface area contributed by atoms with Crippen molar-refractivity contribution in [1.82, 2.24) is 9.88 Å². The Bertz CT molecular complexity index is 388. The first-order valence-electron chi connectivity index (χ1n) is 4.85. The van der Waals surface area contributed by atoms with E-state index in [1.807, 2.05) is 0 Å². The number of hydrogen-bond donors (Lipinski definition) is 2. The predicted molar refractivity (Wildman–Crippen MR) is 58.1 cm³/mol. The Morgan fingerprint density at radius 2 is 2.31 bits per heavy atom. The number of aromatic nitrogens is 1. The summed E-state index contributed by atoms with van der Waals surface area (Å²) in [5.74, 6) is -0.461. The molecule has 0 atom stereocenters. The molecule has 0 radical (unpaired) electrons. The van der Waals surface area contributed by atoms with Crippen LogP contribution in [0.2, 0.25) is 0 Å². The van der Waals surface area contributed by atoms with Crippen molar-refractivity contribution in [3.63, 3.8) is 0 Å². The average molecular weight is 226 g/mol. The number of carbonyl (C=O) groups excluding carboxylic acids is 1. The van der Waals surface area contributed by atoms with Gasteiger partial charge in [0.25, 0.3) is 5.91 Å². The number of nitro groups is 1. The van der Waals surface area contributed by atoms with E-state index < -0.39 is 4.92 Å². The van der Waals surface area contributed by atoms with Crippen molar-refractivity contribution >= 4 is 11.7 Å². The summed E-state index contributed by atoms with van der Waals surface area (Å²) in [6.45, 7) is 1.03. The van der Waals surface area contributed by atoms with Crippen molar-refractivity contribution in [2.75, 3.05) is 20.1 Å². The van der Waals surface area contributed by atoms with E-state index in [9.17, 15) is 14.9 Å². The number of hydrogen-bond acceptors (Lipinski definition) is 4. The zero-order valence-corrected chi connectivity index (χ0v) is 8.97. The first kappa shape index (κ1) is 12.2.